The van der Waals surface area contributed by atoms with E-state index in [0.29, 0.717) is 43.3 Å². The maximum atomic E-state index is 13.3. The van der Waals surface area contributed by atoms with Crippen molar-refractivity contribution in [2.75, 3.05) is 20.1 Å². The minimum Gasteiger partial charge on any atom is -0.358 e. The van der Waals surface area contributed by atoms with Gasteiger partial charge in [0.15, 0.2) is 0 Å². The largest absolute Gasteiger partial charge is 0.358 e. The molecule has 118 valence electrons. The lowest BCUT2D eigenvalue weighted by Crippen LogP contribution is -2.21. The molecule has 0 aliphatic carbocycles. The van der Waals surface area contributed by atoms with Gasteiger partial charge in [0.2, 0.25) is 0 Å². The number of hydrogen-bond donors (Lipinski definition) is 1. The van der Waals surface area contributed by atoms with Gasteiger partial charge in [0, 0.05) is 36.1 Å². The van der Waals surface area contributed by atoms with Gasteiger partial charge in [0.1, 0.15) is 4.90 Å². The summed E-state index contributed by atoms with van der Waals surface area (Å²) in [7, 11) is -7.85. The lowest BCUT2D eigenvalue weighted by atomic mass is 10.1. The van der Waals surface area contributed by atoms with Gasteiger partial charge in [-0.3, -0.25) is 0 Å². The van der Waals surface area contributed by atoms with E-state index in [0.717, 1.165) is 6.07 Å². The second kappa shape index (κ2) is 3.73. The highest BCUT2D eigenvalue weighted by Gasteiger charge is 2.66. The number of H-pyrrole nitrogens is 1. The van der Waals surface area contributed by atoms with Gasteiger partial charge in [0.25, 0.3) is 0 Å². The first-order valence-corrected chi connectivity index (χ1v) is 8.46. The van der Waals surface area contributed by atoms with E-state index >= 15 is 0 Å². The Labute approximate surface area is 118 Å². The molecular formula is C13H15F5N2S. The van der Waals surface area contributed by atoms with E-state index in [1.165, 1.54) is 6.07 Å². The average Bonchev–Trinajstić information content (AvgIpc) is 2.58. The van der Waals surface area contributed by atoms with Gasteiger partial charge in [0.05, 0.1) is 0 Å². The molecule has 1 aliphatic heterocycles. The molecule has 2 heterocycles. The van der Waals surface area contributed by atoms with Crippen LogP contribution in [0.25, 0.3) is 10.9 Å². The molecule has 2 aromatic rings. The Kier molecular flexibility index (Phi) is 2.60. The van der Waals surface area contributed by atoms with Crippen molar-refractivity contribution in [3.8, 4) is 0 Å². The van der Waals surface area contributed by atoms with Crippen LogP contribution in [0.2, 0.25) is 0 Å². The average molecular weight is 326 g/mol. The number of likely N-dealkylation sites (N-methyl/N-ethyl adjacent to an activating group) is 1. The Balaban J connectivity index is 2.33. The molecular weight excluding hydrogens is 311 g/mol. The van der Waals surface area contributed by atoms with Crippen molar-refractivity contribution in [3.05, 3.63) is 29.5 Å². The van der Waals surface area contributed by atoms with Crippen molar-refractivity contribution in [3.63, 3.8) is 0 Å². The first-order valence-electron chi connectivity index (χ1n) is 6.51. The molecule has 21 heavy (non-hydrogen) atoms. The van der Waals surface area contributed by atoms with E-state index in [4.69, 9.17) is 0 Å². The van der Waals surface area contributed by atoms with Gasteiger partial charge >= 0.3 is 10.2 Å². The van der Waals surface area contributed by atoms with Crippen molar-refractivity contribution < 1.29 is 19.4 Å². The smallest absolute Gasteiger partial charge is 0.311 e. The fourth-order valence-electron chi connectivity index (χ4n) is 2.86. The number of nitrogens with zero attached hydrogens (tertiary/aromatic N) is 1. The molecule has 0 amide bonds. The quantitative estimate of drug-likeness (QED) is 0.742. The topological polar surface area (TPSA) is 19.0 Å². The molecule has 0 saturated heterocycles. The zero-order valence-electron chi connectivity index (χ0n) is 11.3. The molecule has 0 saturated carbocycles. The molecule has 1 N–H and O–H groups in total. The zero-order valence-corrected chi connectivity index (χ0v) is 12.1. The van der Waals surface area contributed by atoms with Crippen LogP contribution in [0.3, 0.4) is 0 Å². The normalized spacial score (nSPS) is 20.7. The first kappa shape index (κ1) is 14.6. The number of fused-ring (bicyclic) bond motifs is 3. The van der Waals surface area contributed by atoms with E-state index < -0.39 is 15.1 Å². The predicted octanol–water partition coefficient (Wildman–Crippen LogP) is 4.86. The predicted molar refractivity (Wildman–Crippen MR) is 74.6 cm³/mol. The van der Waals surface area contributed by atoms with Crippen molar-refractivity contribution in [2.24, 2.45) is 0 Å². The summed E-state index contributed by atoms with van der Waals surface area (Å²) in [6.07, 6.45) is 0.858. The zero-order chi connectivity index (χ0) is 15.5. The fraction of sp³-hybridized carbons (Fsp3) is 0.385. The molecule has 0 fully saturated rings. The number of halogens is 5. The van der Waals surface area contributed by atoms with Crippen molar-refractivity contribution >= 4 is 21.1 Å². The molecule has 0 bridgehead atoms. The van der Waals surface area contributed by atoms with Crippen LogP contribution < -0.4 is 0 Å². The number of benzene rings is 1. The van der Waals surface area contributed by atoms with Crippen LogP contribution in [0, 0.1) is 0 Å². The van der Waals surface area contributed by atoms with E-state index in [1.54, 1.807) is 0 Å². The third kappa shape index (κ3) is 2.62. The fourth-order valence-corrected chi connectivity index (χ4v) is 3.82. The summed E-state index contributed by atoms with van der Waals surface area (Å²) in [6, 6.07) is 2.94. The summed E-state index contributed by atoms with van der Waals surface area (Å²) >= 11 is 0. The number of nitrogens with one attached hydrogen (secondary N) is 1. The van der Waals surface area contributed by atoms with Crippen LogP contribution >= 0.6 is 10.2 Å². The van der Waals surface area contributed by atoms with Crippen LogP contribution in [0.1, 0.15) is 11.3 Å². The van der Waals surface area contributed by atoms with E-state index in [-0.39, 0.29) is 10.9 Å². The third-order valence-corrected chi connectivity index (χ3v) is 5.05. The Morgan fingerprint density at radius 2 is 1.71 bits per heavy atom. The lowest BCUT2D eigenvalue weighted by molar-refractivity contribution is 0.351. The number of aromatic nitrogens is 1. The Morgan fingerprint density at radius 1 is 1.05 bits per heavy atom. The number of rotatable bonds is 1. The van der Waals surface area contributed by atoms with Crippen molar-refractivity contribution in [1.29, 1.82) is 0 Å². The van der Waals surface area contributed by atoms with E-state index in [1.807, 2.05) is 11.9 Å². The minimum atomic E-state index is -9.71. The van der Waals surface area contributed by atoms with Gasteiger partial charge in [-0.25, -0.2) is 0 Å². The second-order valence-corrected chi connectivity index (χ2v) is 7.91. The van der Waals surface area contributed by atoms with Crippen LogP contribution in [0.15, 0.2) is 23.1 Å². The highest BCUT2D eigenvalue weighted by molar-refractivity contribution is 8.46. The molecule has 0 radical (unpaired) electrons. The van der Waals surface area contributed by atoms with Gasteiger partial charge in [-0.05, 0) is 31.2 Å². The van der Waals surface area contributed by atoms with Crippen molar-refractivity contribution in [1.82, 2.24) is 9.88 Å². The molecule has 8 heteroatoms. The van der Waals surface area contributed by atoms with Gasteiger partial charge < -0.3 is 9.88 Å². The van der Waals surface area contributed by atoms with E-state index in [2.05, 4.69) is 4.98 Å². The van der Waals surface area contributed by atoms with Crippen molar-refractivity contribution in [2.45, 2.75) is 17.7 Å². The van der Waals surface area contributed by atoms with Gasteiger partial charge in [-0.1, -0.05) is 25.5 Å². The summed E-state index contributed by atoms with van der Waals surface area (Å²) in [5.41, 5.74) is 1.14. The Morgan fingerprint density at radius 3 is 2.38 bits per heavy atom. The van der Waals surface area contributed by atoms with Gasteiger partial charge in [-0.2, -0.15) is 0 Å². The summed E-state index contributed by atoms with van der Waals surface area (Å²) in [5.74, 6) is 0. The summed E-state index contributed by atoms with van der Waals surface area (Å²) in [5, 5.41) is -0.359. The highest BCUT2D eigenvalue weighted by atomic mass is 32.5. The minimum absolute atomic E-state index is 0.135. The van der Waals surface area contributed by atoms with Crippen LogP contribution in [-0.2, 0) is 12.8 Å². The van der Waals surface area contributed by atoms with Crippen LogP contribution in [0.5, 0.6) is 0 Å². The third-order valence-electron chi connectivity index (χ3n) is 3.88. The van der Waals surface area contributed by atoms with E-state index in [9.17, 15) is 19.4 Å². The molecule has 2 nitrogen and oxygen atoms in total. The van der Waals surface area contributed by atoms with Crippen LogP contribution in [-0.4, -0.2) is 30.0 Å². The maximum Gasteiger partial charge on any atom is 0.311 e. The Bertz CT molecular complexity index is 720. The number of hydrogen-bond acceptors (Lipinski definition) is 1. The summed E-state index contributed by atoms with van der Waals surface area (Å²) in [4.78, 5) is 3.09. The van der Waals surface area contributed by atoms with Crippen LogP contribution in [0.4, 0.5) is 19.4 Å². The maximum absolute atomic E-state index is 13.3. The molecule has 0 spiro atoms. The molecule has 3 rings (SSSR count). The highest BCUT2D eigenvalue weighted by Crippen LogP contribution is 3.02. The second-order valence-electron chi connectivity index (χ2n) is 5.53. The molecule has 0 atom stereocenters. The lowest BCUT2D eigenvalue weighted by Gasteiger charge is -2.41. The standard InChI is InChI=1S/C13H15F5N2S/c1-20-7-5-9-10(6-8-20)19-11-3-2-4-12(13(9)11)21(14,15,16,17)18/h2-4,19H,5-8H2,1H3. The molecule has 1 aliphatic rings. The summed E-state index contributed by atoms with van der Waals surface area (Å²) in [6.45, 7) is 1.24. The molecule has 1 aromatic heterocycles. The molecule has 1 aromatic carbocycles. The first-order chi connectivity index (χ1) is 9.45. The Hall–Kier alpha value is -1.28. The van der Waals surface area contributed by atoms with Gasteiger partial charge in [-0.15, -0.1) is 0 Å². The molecule has 0 unspecified atom stereocenters. The summed E-state index contributed by atoms with van der Waals surface area (Å²) < 4.78 is 66.4. The monoisotopic (exact) mass is 326 g/mol. The SMILES string of the molecule is CN1CCc2[nH]c3cccc(S(F)(F)(F)(F)F)c3c2CC1. The number of aromatic amines is 1.